The first kappa shape index (κ1) is 15.0. The second-order valence-electron chi connectivity index (χ2n) is 6.99. The molecule has 1 amide bonds. The summed E-state index contributed by atoms with van der Waals surface area (Å²) in [5.74, 6) is 1.76. The average Bonchev–Trinajstić information content (AvgIpc) is 3.10. The molecule has 5 heteroatoms. The van der Waals surface area contributed by atoms with Crippen molar-refractivity contribution >= 4 is 5.91 Å². The second kappa shape index (κ2) is 6.49. The molecular weight excluding hydrogens is 290 g/mol. The summed E-state index contributed by atoms with van der Waals surface area (Å²) < 4.78 is 5.76. The summed E-state index contributed by atoms with van der Waals surface area (Å²) >= 11 is 0. The molecule has 1 saturated carbocycles. The number of fused-ring (bicyclic) bond motifs is 2. The molecule has 4 unspecified atom stereocenters. The van der Waals surface area contributed by atoms with Gasteiger partial charge in [-0.15, -0.1) is 0 Å². The van der Waals surface area contributed by atoms with Crippen LogP contribution in [0.1, 0.15) is 31.2 Å². The van der Waals surface area contributed by atoms with Crippen LogP contribution in [0, 0.1) is 11.8 Å². The minimum Gasteiger partial charge on any atom is -0.493 e. The normalized spacial score (nSPS) is 32.5. The second-order valence-corrected chi connectivity index (χ2v) is 6.99. The van der Waals surface area contributed by atoms with E-state index in [4.69, 9.17) is 4.74 Å². The Balaban J connectivity index is 1.34. The van der Waals surface area contributed by atoms with Gasteiger partial charge in [0.25, 0.3) is 0 Å². The monoisotopic (exact) mass is 315 g/mol. The molecule has 0 radical (unpaired) electrons. The molecule has 0 aromatic heterocycles. The highest BCUT2D eigenvalue weighted by Gasteiger charge is 2.39. The first-order valence-corrected chi connectivity index (χ1v) is 8.81. The van der Waals surface area contributed by atoms with Crippen molar-refractivity contribution in [2.24, 2.45) is 11.8 Å². The van der Waals surface area contributed by atoms with Gasteiger partial charge in [-0.1, -0.05) is 24.6 Å². The lowest BCUT2D eigenvalue weighted by atomic mass is 9.95. The maximum atomic E-state index is 12.6. The van der Waals surface area contributed by atoms with Crippen LogP contribution in [-0.4, -0.2) is 31.1 Å². The van der Waals surface area contributed by atoms with E-state index in [-0.39, 0.29) is 11.8 Å². The number of amides is 1. The highest BCUT2D eigenvalue weighted by Crippen LogP contribution is 2.31. The first-order valence-electron chi connectivity index (χ1n) is 8.81. The first-order chi connectivity index (χ1) is 11.3. The fraction of sp³-hybridized carbons (Fsp3) is 0.611. The van der Waals surface area contributed by atoms with Crippen molar-refractivity contribution in [2.45, 2.75) is 44.2 Å². The average molecular weight is 315 g/mol. The molecule has 23 heavy (non-hydrogen) atoms. The van der Waals surface area contributed by atoms with Crippen LogP contribution >= 0.6 is 0 Å². The number of para-hydroxylation sites is 1. The van der Waals surface area contributed by atoms with E-state index in [0.29, 0.717) is 31.2 Å². The van der Waals surface area contributed by atoms with E-state index in [1.54, 1.807) is 0 Å². The number of nitrogens with one attached hydrogen (secondary N) is 3. The van der Waals surface area contributed by atoms with E-state index in [1.165, 1.54) is 19.3 Å². The largest absolute Gasteiger partial charge is 0.493 e. The number of benzene rings is 1. The number of ether oxygens (including phenoxy) is 1. The van der Waals surface area contributed by atoms with Crippen LogP contribution < -0.4 is 20.9 Å². The highest BCUT2D eigenvalue weighted by molar-refractivity contribution is 5.79. The fourth-order valence-electron chi connectivity index (χ4n) is 4.24. The number of hydrogen-bond donors (Lipinski definition) is 3. The number of hydrogen-bond acceptors (Lipinski definition) is 4. The Bertz CT molecular complexity index is 577. The van der Waals surface area contributed by atoms with Crippen molar-refractivity contribution in [3.63, 3.8) is 0 Å². The Kier molecular flexibility index (Phi) is 4.23. The molecule has 4 rings (SSSR count). The minimum atomic E-state index is 0.00684. The molecule has 3 N–H and O–H groups in total. The summed E-state index contributed by atoms with van der Waals surface area (Å²) in [5.41, 5.74) is 7.87. The van der Waals surface area contributed by atoms with Crippen molar-refractivity contribution in [1.82, 2.24) is 16.2 Å². The van der Waals surface area contributed by atoms with Gasteiger partial charge in [-0.05, 0) is 43.2 Å². The molecule has 124 valence electrons. The quantitative estimate of drug-likeness (QED) is 0.789. The van der Waals surface area contributed by atoms with Gasteiger partial charge >= 0.3 is 0 Å². The molecule has 1 aromatic rings. The number of hydrazine groups is 1. The third-order valence-corrected chi connectivity index (χ3v) is 5.57. The van der Waals surface area contributed by atoms with Crippen LogP contribution in [0.4, 0.5) is 0 Å². The zero-order valence-electron chi connectivity index (χ0n) is 13.4. The maximum Gasteiger partial charge on any atom is 0.223 e. The van der Waals surface area contributed by atoms with E-state index in [2.05, 4.69) is 22.2 Å². The summed E-state index contributed by atoms with van der Waals surface area (Å²) in [6, 6.07) is 9.00. The molecule has 0 spiro atoms. The number of rotatable bonds is 3. The van der Waals surface area contributed by atoms with Gasteiger partial charge in [0.1, 0.15) is 5.75 Å². The molecule has 2 heterocycles. The van der Waals surface area contributed by atoms with Gasteiger partial charge in [-0.2, -0.15) is 0 Å². The summed E-state index contributed by atoms with van der Waals surface area (Å²) in [5, 5.41) is 3.17. The summed E-state index contributed by atoms with van der Waals surface area (Å²) in [7, 11) is 0. The Morgan fingerprint density at radius 2 is 2.13 bits per heavy atom. The number of carbonyl (C=O) groups is 1. The molecule has 3 aliphatic rings. The molecule has 1 saturated heterocycles. The fourth-order valence-corrected chi connectivity index (χ4v) is 4.24. The maximum absolute atomic E-state index is 12.6. The Hall–Kier alpha value is -1.59. The van der Waals surface area contributed by atoms with Crippen molar-refractivity contribution in [3.05, 3.63) is 29.8 Å². The van der Waals surface area contributed by atoms with E-state index in [9.17, 15) is 4.79 Å². The molecule has 4 atom stereocenters. The van der Waals surface area contributed by atoms with Crippen LogP contribution in [0.3, 0.4) is 0 Å². The highest BCUT2D eigenvalue weighted by atomic mass is 16.5. The molecule has 1 aliphatic carbocycles. The van der Waals surface area contributed by atoms with Crippen LogP contribution in [0.15, 0.2) is 24.3 Å². The van der Waals surface area contributed by atoms with Crippen molar-refractivity contribution in [1.29, 1.82) is 0 Å². The third kappa shape index (κ3) is 3.08. The molecule has 2 fully saturated rings. The van der Waals surface area contributed by atoms with E-state index < -0.39 is 0 Å². The molecular formula is C18H25N3O2. The van der Waals surface area contributed by atoms with Gasteiger partial charge < -0.3 is 10.1 Å². The number of carbonyl (C=O) groups excluding carboxylic acids is 1. The molecule has 0 bridgehead atoms. The smallest absolute Gasteiger partial charge is 0.223 e. The Morgan fingerprint density at radius 3 is 3.09 bits per heavy atom. The molecule has 5 nitrogen and oxygen atoms in total. The topological polar surface area (TPSA) is 62.4 Å². The zero-order valence-corrected chi connectivity index (χ0v) is 13.4. The lowest BCUT2D eigenvalue weighted by Crippen LogP contribution is -2.44. The standard InChI is InChI=1S/C18H25N3O2/c22-18(19-11-16-14-5-3-6-15(14)20-21-16)13-8-9-23-17-7-2-1-4-12(17)10-13/h1-2,4,7,13-16,20-21H,3,5-6,8-11H2,(H,19,22). The predicted molar refractivity (Wildman–Crippen MR) is 87.9 cm³/mol. The third-order valence-electron chi connectivity index (χ3n) is 5.57. The molecule has 2 aliphatic heterocycles. The van der Waals surface area contributed by atoms with Crippen molar-refractivity contribution < 1.29 is 9.53 Å². The summed E-state index contributed by atoms with van der Waals surface area (Å²) in [4.78, 5) is 12.6. The van der Waals surface area contributed by atoms with E-state index in [1.807, 2.05) is 18.2 Å². The van der Waals surface area contributed by atoms with Crippen LogP contribution in [0.5, 0.6) is 5.75 Å². The molecule has 1 aromatic carbocycles. The Labute approximate surface area is 137 Å². The SMILES string of the molecule is O=C(NCC1NNC2CCCC21)C1CCOc2ccccc2C1. The zero-order chi connectivity index (χ0) is 15.6. The van der Waals surface area contributed by atoms with Gasteiger partial charge in [0, 0.05) is 24.5 Å². The van der Waals surface area contributed by atoms with Gasteiger partial charge in [0.15, 0.2) is 0 Å². The lowest BCUT2D eigenvalue weighted by Gasteiger charge is -2.20. The van der Waals surface area contributed by atoms with Crippen LogP contribution in [0.25, 0.3) is 0 Å². The van der Waals surface area contributed by atoms with Crippen molar-refractivity contribution in [3.8, 4) is 5.75 Å². The van der Waals surface area contributed by atoms with Gasteiger partial charge in [0.05, 0.1) is 6.61 Å². The lowest BCUT2D eigenvalue weighted by molar-refractivity contribution is -0.125. The van der Waals surface area contributed by atoms with Crippen LogP contribution in [-0.2, 0) is 11.2 Å². The van der Waals surface area contributed by atoms with Gasteiger partial charge in [-0.25, -0.2) is 0 Å². The van der Waals surface area contributed by atoms with E-state index >= 15 is 0 Å². The predicted octanol–water partition coefficient (Wildman–Crippen LogP) is 1.39. The summed E-state index contributed by atoms with van der Waals surface area (Å²) in [6.07, 6.45) is 5.35. The van der Waals surface area contributed by atoms with Gasteiger partial charge in [-0.3, -0.25) is 15.6 Å². The minimum absolute atomic E-state index is 0.00684. The van der Waals surface area contributed by atoms with E-state index in [0.717, 1.165) is 24.2 Å². The summed E-state index contributed by atoms with van der Waals surface area (Å²) in [6.45, 7) is 1.33. The van der Waals surface area contributed by atoms with Gasteiger partial charge in [0.2, 0.25) is 5.91 Å². The van der Waals surface area contributed by atoms with Crippen molar-refractivity contribution in [2.75, 3.05) is 13.2 Å². The van der Waals surface area contributed by atoms with Crippen LogP contribution in [0.2, 0.25) is 0 Å². The Morgan fingerprint density at radius 1 is 1.22 bits per heavy atom.